The topological polar surface area (TPSA) is 65.1 Å². The van der Waals surface area contributed by atoms with Gasteiger partial charge in [0.15, 0.2) is 0 Å². The molecule has 7 heteroatoms. The maximum atomic E-state index is 12.5. The van der Waals surface area contributed by atoms with Gasteiger partial charge in [-0.25, -0.2) is 0 Å². The Balaban J connectivity index is 1.39. The summed E-state index contributed by atoms with van der Waals surface area (Å²) in [6.07, 6.45) is 3.99. The van der Waals surface area contributed by atoms with Crippen LogP contribution in [0, 0.1) is 5.92 Å². The number of hydrogen-bond donors (Lipinski definition) is 1. The van der Waals surface area contributed by atoms with Crippen molar-refractivity contribution in [1.82, 2.24) is 20.0 Å². The maximum Gasteiger partial charge on any atom is 0.225 e. The molecule has 0 aromatic heterocycles. The largest absolute Gasteiger partial charge is 0.379 e. The number of carbonyl (C=O) groups excluding carboxylic acids is 2. The standard InChI is InChI=1S/C18H32N4O3/c1-20-5-3-2-4-16(20)13-19-18(24)15-12-17(23)22(14-15)7-6-21-8-10-25-11-9-21/h15-16H,2-14H2,1H3,(H,19,24). The second kappa shape index (κ2) is 8.96. The monoisotopic (exact) mass is 352 g/mol. The molecule has 0 aromatic rings. The minimum Gasteiger partial charge on any atom is -0.379 e. The van der Waals surface area contributed by atoms with E-state index in [1.54, 1.807) is 0 Å². The van der Waals surface area contributed by atoms with Gasteiger partial charge in [0.2, 0.25) is 11.8 Å². The lowest BCUT2D eigenvalue weighted by Gasteiger charge is -2.32. The van der Waals surface area contributed by atoms with E-state index < -0.39 is 0 Å². The van der Waals surface area contributed by atoms with Crippen molar-refractivity contribution in [2.75, 3.05) is 66.1 Å². The molecule has 0 aromatic carbocycles. The summed E-state index contributed by atoms with van der Waals surface area (Å²) in [6, 6.07) is 0.437. The molecule has 0 aliphatic carbocycles. The van der Waals surface area contributed by atoms with E-state index in [0.29, 0.717) is 32.1 Å². The third-order valence-corrected chi connectivity index (χ3v) is 5.81. The smallest absolute Gasteiger partial charge is 0.225 e. The molecule has 2 unspecified atom stereocenters. The quantitative estimate of drug-likeness (QED) is 0.715. The minimum atomic E-state index is -0.189. The van der Waals surface area contributed by atoms with Crippen molar-refractivity contribution in [3.63, 3.8) is 0 Å². The molecule has 0 radical (unpaired) electrons. The lowest BCUT2D eigenvalue weighted by atomic mass is 10.0. The van der Waals surface area contributed by atoms with Crippen molar-refractivity contribution in [2.24, 2.45) is 5.92 Å². The fraction of sp³-hybridized carbons (Fsp3) is 0.889. The van der Waals surface area contributed by atoms with Crippen molar-refractivity contribution >= 4 is 11.8 Å². The number of piperidine rings is 1. The van der Waals surface area contributed by atoms with Crippen LogP contribution in [0.1, 0.15) is 25.7 Å². The molecule has 0 saturated carbocycles. The summed E-state index contributed by atoms with van der Waals surface area (Å²) in [5.41, 5.74) is 0. The molecule has 3 heterocycles. The Morgan fingerprint density at radius 1 is 1.20 bits per heavy atom. The number of nitrogens with one attached hydrogen (secondary N) is 1. The first-order chi connectivity index (χ1) is 12.1. The Hall–Kier alpha value is -1.18. The van der Waals surface area contributed by atoms with Crippen molar-refractivity contribution in [1.29, 1.82) is 0 Å². The minimum absolute atomic E-state index is 0.0428. The van der Waals surface area contributed by atoms with Gasteiger partial charge >= 0.3 is 0 Å². The van der Waals surface area contributed by atoms with Gasteiger partial charge in [-0.05, 0) is 26.4 Å². The number of morpholine rings is 1. The average molecular weight is 352 g/mol. The highest BCUT2D eigenvalue weighted by Crippen LogP contribution is 2.19. The highest BCUT2D eigenvalue weighted by Gasteiger charge is 2.34. The summed E-state index contributed by atoms with van der Waals surface area (Å²) in [7, 11) is 2.13. The van der Waals surface area contributed by atoms with Gasteiger partial charge in [0.05, 0.1) is 19.1 Å². The summed E-state index contributed by atoms with van der Waals surface area (Å²) in [5, 5.41) is 3.08. The van der Waals surface area contributed by atoms with Gasteiger partial charge < -0.3 is 19.9 Å². The van der Waals surface area contributed by atoms with Crippen LogP contribution < -0.4 is 5.32 Å². The van der Waals surface area contributed by atoms with Crippen LogP contribution in [-0.2, 0) is 14.3 Å². The van der Waals surface area contributed by atoms with E-state index in [1.807, 2.05) is 4.90 Å². The van der Waals surface area contributed by atoms with Crippen LogP contribution in [0.3, 0.4) is 0 Å². The second-order valence-corrected chi connectivity index (χ2v) is 7.57. The van der Waals surface area contributed by atoms with Crippen molar-refractivity contribution < 1.29 is 14.3 Å². The third kappa shape index (κ3) is 5.15. The molecule has 25 heavy (non-hydrogen) atoms. The van der Waals surface area contributed by atoms with Gasteiger partial charge in [0.25, 0.3) is 0 Å². The Labute approximate surface area is 150 Å². The van der Waals surface area contributed by atoms with Crippen LogP contribution >= 0.6 is 0 Å². The molecule has 3 aliphatic rings. The normalized spacial score (nSPS) is 29.2. The van der Waals surface area contributed by atoms with Gasteiger partial charge in [-0.15, -0.1) is 0 Å². The van der Waals surface area contributed by atoms with Crippen LogP contribution in [0.4, 0.5) is 0 Å². The number of hydrogen-bond acceptors (Lipinski definition) is 5. The highest BCUT2D eigenvalue weighted by atomic mass is 16.5. The first kappa shape index (κ1) is 18.6. The number of rotatable bonds is 6. The van der Waals surface area contributed by atoms with Crippen molar-refractivity contribution in [2.45, 2.75) is 31.7 Å². The molecule has 3 rings (SSSR count). The molecule has 1 N–H and O–H groups in total. The molecular formula is C18H32N4O3. The Morgan fingerprint density at radius 3 is 2.76 bits per heavy atom. The average Bonchev–Trinajstić information content (AvgIpc) is 3.01. The van der Waals surface area contributed by atoms with E-state index in [9.17, 15) is 9.59 Å². The molecule has 3 fully saturated rings. The molecule has 3 aliphatic heterocycles. The number of amides is 2. The fourth-order valence-corrected chi connectivity index (χ4v) is 4.02. The summed E-state index contributed by atoms with van der Waals surface area (Å²) in [4.78, 5) is 31.2. The lowest BCUT2D eigenvalue weighted by molar-refractivity contribution is -0.129. The van der Waals surface area contributed by atoms with Gasteiger partial charge in [0.1, 0.15) is 0 Å². The Kier molecular flexibility index (Phi) is 6.67. The predicted molar refractivity (Wildman–Crippen MR) is 95.2 cm³/mol. The molecule has 142 valence electrons. The second-order valence-electron chi connectivity index (χ2n) is 7.57. The molecule has 0 spiro atoms. The predicted octanol–water partition coefficient (Wildman–Crippen LogP) is -0.232. The van der Waals surface area contributed by atoms with Crippen LogP contribution in [0.15, 0.2) is 0 Å². The van der Waals surface area contributed by atoms with Crippen LogP contribution in [0.2, 0.25) is 0 Å². The highest BCUT2D eigenvalue weighted by molar-refractivity contribution is 5.89. The summed E-state index contributed by atoms with van der Waals surface area (Å²) in [6.45, 7) is 7.37. The van der Waals surface area contributed by atoms with Crippen LogP contribution in [0.5, 0.6) is 0 Å². The Bertz CT molecular complexity index is 467. The molecule has 2 amide bonds. The lowest BCUT2D eigenvalue weighted by Crippen LogP contribution is -2.46. The van der Waals surface area contributed by atoms with E-state index in [4.69, 9.17) is 4.74 Å². The molecule has 3 saturated heterocycles. The zero-order chi connectivity index (χ0) is 17.6. The maximum absolute atomic E-state index is 12.5. The van der Waals surface area contributed by atoms with Gasteiger partial charge in [-0.2, -0.15) is 0 Å². The molecule has 2 atom stereocenters. The van der Waals surface area contributed by atoms with Gasteiger partial charge in [-0.3, -0.25) is 14.5 Å². The fourth-order valence-electron chi connectivity index (χ4n) is 4.02. The summed E-state index contributed by atoms with van der Waals surface area (Å²) >= 11 is 0. The van der Waals surface area contributed by atoms with Crippen molar-refractivity contribution in [3.05, 3.63) is 0 Å². The van der Waals surface area contributed by atoms with Crippen LogP contribution in [-0.4, -0.2) is 98.6 Å². The number of nitrogens with zero attached hydrogens (tertiary/aromatic N) is 3. The van der Waals surface area contributed by atoms with Gasteiger partial charge in [0, 0.05) is 51.7 Å². The zero-order valence-corrected chi connectivity index (χ0v) is 15.4. The number of likely N-dealkylation sites (N-methyl/N-ethyl adjacent to an activating group) is 1. The summed E-state index contributed by atoms with van der Waals surface area (Å²) in [5.74, 6) is -0.0320. The first-order valence-electron chi connectivity index (χ1n) is 9.69. The molecule has 7 nitrogen and oxygen atoms in total. The number of likely N-dealkylation sites (tertiary alicyclic amines) is 2. The van der Waals surface area contributed by atoms with Crippen molar-refractivity contribution in [3.8, 4) is 0 Å². The van der Waals surface area contributed by atoms with Gasteiger partial charge in [-0.1, -0.05) is 6.42 Å². The van der Waals surface area contributed by atoms with E-state index >= 15 is 0 Å². The van der Waals surface area contributed by atoms with E-state index in [0.717, 1.165) is 45.8 Å². The number of ether oxygens (including phenoxy) is 1. The SMILES string of the molecule is CN1CCCCC1CNC(=O)C1CC(=O)N(CCN2CCOCC2)C1. The molecule has 0 bridgehead atoms. The van der Waals surface area contributed by atoms with E-state index in [-0.39, 0.29) is 17.7 Å². The van der Waals surface area contributed by atoms with E-state index in [1.165, 1.54) is 12.8 Å². The molecular weight excluding hydrogens is 320 g/mol. The van der Waals surface area contributed by atoms with Crippen LogP contribution in [0.25, 0.3) is 0 Å². The third-order valence-electron chi connectivity index (χ3n) is 5.81. The summed E-state index contributed by atoms with van der Waals surface area (Å²) < 4.78 is 5.35. The Morgan fingerprint density at radius 2 is 2.00 bits per heavy atom. The zero-order valence-electron chi connectivity index (χ0n) is 15.4. The first-order valence-corrected chi connectivity index (χ1v) is 9.69. The van der Waals surface area contributed by atoms with E-state index in [2.05, 4.69) is 22.2 Å². The number of carbonyl (C=O) groups is 2.